The Balaban J connectivity index is 2.11. The summed E-state index contributed by atoms with van der Waals surface area (Å²) < 4.78 is 14.1. The maximum Gasteiger partial charge on any atom is 0.136 e. The van der Waals surface area contributed by atoms with Crippen LogP contribution in [0.25, 0.3) is 0 Å². The molecular weight excluding hydrogens is 189 g/mol. The monoisotopic (exact) mass is 207 g/mol. The number of benzene rings is 1. The van der Waals surface area contributed by atoms with E-state index in [1.54, 1.807) is 0 Å². The van der Waals surface area contributed by atoms with Gasteiger partial charge in [0, 0.05) is 0 Å². The van der Waals surface area contributed by atoms with Crippen molar-refractivity contribution >= 4 is 0 Å². The Labute approximate surface area is 90.7 Å². The highest BCUT2D eigenvalue weighted by Crippen LogP contribution is 2.45. The second-order valence-electron chi connectivity index (χ2n) is 4.37. The molecule has 0 spiro atoms. The largest absolute Gasteiger partial charge is 0.319 e. The van der Waals surface area contributed by atoms with Gasteiger partial charge >= 0.3 is 0 Å². The molecule has 0 atom stereocenters. The van der Waals surface area contributed by atoms with Gasteiger partial charge in [0.25, 0.3) is 0 Å². The second kappa shape index (κ2) is 4.31. The van der Waals surface area contributed by atoms with Gasteiger partial charge in [0.15, 0.2) is 0 Å². The quantitative estimate of drug-likeness (QED) is 0.800. The molecule has 0 aromatic heterocycles. The Morgan fingerprint density at radius 2 is 2.20 bits per heavy atom. The number of hydrogen-bond donors (Lipinski definition) is 1. The van der Waals surface area contributed by atoms with Crippen molar-refractivity contribution in [2.75, 3.05) is 13.6 Å². The lowest BCUT2D eigenvalue weighted by Gasteiger charge is -2.34. The van der Waals surface area contributed by atoms with Gasteiger partial charge in [-0.2, -0.15) is 0 Å². The van der Waals surface area contributed by atoms with Crippen LogP contribution in [0, 0.1) is 0 Å². The van der Waals surface area contributed by atoms with Crippen LogP contribution in [0.3, 0.4) is 0 Å². The first-order chi connectivity index (χ1) is 7.24. The molecule has 1 aromatic carbocycles. The molecule has 82 valence electrons. The highest BCUT2D eigenvalue weighted by atomic mass is 19.1. The van der Waals surface area contributed by atoms with E-state index in [9.17, 15) is 4.39 Å². The number of likely N-dealkylation sites (N-methyl/N-ethyl adjacent to an activating group) is 1. The molecule has 0 bridgehead atoms. The Kier molecular flexibility index (Phi) is 3.06. The molecule has 0 aliphatic heterocycles. The minimum absolute atomic E-state index is 0.697. The zero-order valence-electron chi connectivity index (χ0n) is 9.22. The molecule has 0 unspecified atom stereocenters. The first-order valence-electron chi connectivity index (χ1n) is 5.67. The van der Waals surface area contributed by atoms with Gasteiger partial charge in [-0.25, -0.2) is 4.39 Å². The van der Waals surface area contributed by atoms with Crippen molar-refractivity contribution in [2.24, 2.45) is 0 Å². The van der Waals surface area contributed by atoms with Crippen LogP contribution >= 0.6 is 0 Å². The van der Waals surface area contributed by atoms with E-state index in [4.69, 9.17) is 0 Å². The normalized spacial score (nSPS) is 18.5. The van der Waals surface area contributed by atoms with E-state index in [-0.39, 0.29) is 0 Å². The van der Waals surface area contributed by atoms with E-state index in [0.29, 0.717) is 12.8 Å². The topological polar surface area (TPSA) is 12.0 Å². The van der Waals surface area contributed by atoms with Crippen LogP contribution < -0.4 is 5.32 Å². The highest BCUT2D eigenvalue weighted by molar-refractivity contribution is 5.30. The van der Waals surface area contributed by atoms with Crippen LogP contribution in [-0.4, -0.2) is 13.6 Å². The second-order valence-corrected chi connectivity index (χ2v) is 4.37. The van der Waals surface area contributed by atoms with Gasteiger partial charge in [-0.1, -0.05) is 24.3 Å². The number of hydrogen-bond acceptors (Lipinski definition) is 1. The maximum atomic E-state index is 14.1. The van der Waals surface area contributed by atoms with E-state index in [1.165, 1.54) is 5.56 Å². The SMILES string of the molecule is CNCCc1cccc(C2(F)CCC2)c1. The molecule has 1 aromatic rings. The Hall–Kier alpha value is -0.890. The lowest BCUT2D eigenvalue weighted by atomic mass is 9.76. The van der Waals surface area contributed by atoms with E-state index in [1.807, 2.05) is 25.2 Å². The lowest BCUT2D eigenvalue weighted by molar-refractivity contribution is 0.0608. The predicted molar refractivity (Wildman–Crippen MR) is 60.7 cm³/mol. The zero-order valence-corrected chi connectivity index (χ0v) is 9.22. The minimum Gasteiger partial charge on any atom is -0.319 e. The number of rotatable bonds is 4. The molecule has 0 heterocycles. The zero-order chi connectivity index (χ0) is 10.7. The lowest BCUT2D eigenvalue weighted by Crippen LogP contribution is -2.28. The third-order valence-electron chi connectivity index (χ3n) is 3.25. The Bertz CT molecular complexity index is 331. The number of alkyl halides is 1. The molecular formula is C13H18FN. The molecule has 1 saturated carbocycles. The van der Waals surface area contributed by atoms with Crippen LogP contribution in [0.15, 0.2) is 24.3 Å². The van der Waals surface area contributed by atoms with Gasteiger partial charge < -0.3 is 5.32 Å². The van der Waals surface area contributed by atoms with Crippen LogP contribution in [0.2, 0.25) is 0 Å². The molecule has 15 heavy (non-hydrogen) atoms. The van der Waals surface area contributed by atoms with E-state index >= 15 is 0 Å². The summed E-state index contributed by atoms with van der Waals surface area (Å²) in [6.45, 7) is 0.947. The fourth-order valence-electron chi connectivity index (χ4n) is 2.05. The number of nitrogens with one attached hydrogen (secondary N) is 1. The predicted octanol–water partition coefficient (Wildman–Crippen LogP) is 2.80. The summed E-state index contributed by atoms with van der Waals surface area (Å²) in [6.07, 6.45) is 3.39. The van der Waals surface area contributed by atoms with E-state index in [0.717, 1.165) is 24.9 Å². The molecule has 1 aliphatic rings. The smallest absolute Gasteiger partial charge is 0.136 e. The Morgan fingerprint density at radius 1 is 1.40 bits per heavy atom. The number of halogens is 1. The molecule has 1 fully saturated rings. The van der Waals surface area contributed by atoms with Crippen molar-refractivity contribution in [3.05, 3.63) is 35.4 Å². The molecule has 0 saturated heterocycles. The van der Waals surface area contributed by atoms with Crippen molar-refractivity contribution in [1.82, 2.24) is 5.32 Å². The van der Waals surface area contributed by atoms with Crippen LogP contribution in [-0.2, 0) is 12.1 Å². The molecule has 1 nitrogen and oxygen atoms in total. The third-order valence-corrected chi connectivity index (χ3v) is 3.25. The van der Waals surface area contributed by atoms with Crippen molar-refractivity contribution in [3.8, 4) is 0 Å². The highest BCUT2D eigenvalue weighted by Gasteiger charge is 2.38. The maximum absolute atomic E-state index is 14.1. The Morgan fingerprint density at radius 3 is 2.80 bits per heavy atom. The first-order valence-corrected chi connectivity index (χ1v) is 5.67. The molecule has 1 aliphatic carbocycles. The fourth-order valence-corrected chi connectivity index (χ4v) is 2.05. The summed E-state index contributed by atoms with van der Waals surface area (Å²) in [5.74, 6) is 0. The van der Waals surface area contributed by atoms with Gasteiger partial charge in [0.1, 0.15) is 5.67 Å². The van der Waals surface area contributed by atoms with Crippen molar-refractivity contribution in [3.63, 3.8) is 0 Å². The molecule has 0 radical (unpaired) electrons. The average molecular weight is 207 g/mol. The van der Waals surface area contributed by atoms with Crippen molar-refractivity contribution in [1.29, 1.82) is 0 Å². The van der Waals surface area contributed by atoms with Crippen molar-refractivity contribution in [2.45, 2.75) is 31.4 Å². The van der Waals surface area contributed by atoms with Gasteiger partial charge in [-0.05, 0) is 50.4 Å². The molecule has 1 N–H and O–H groups in total. The van der Waals surface area contributed by atoms with Gasteiger partial charge in [-0.3, -0.25) is 0 Å². The van der Waals surface area contributed by atoms with Crippen molar-refractivity contribution < 1.29 is 4.39 Å². The van der Waals surface area contributed by atoms with Crippen LogP contribution in [0.4, 0.5) is 4.39 Å². The van der Waals surface area contributed by atoms with Gasteiger partial charge in [0.2, 0.25) is 0 Å². The average Bonchev–Trinajstić information content (AvgIpc) is 2.23. The van der Waals surface area contributed by atoms with Crippen LogP contribution in [0.1, 0.15) is 30.4 Å². The molecule has 2 heteroatoms. The minimum atomic E-state index is -1.02. The third kappa shape index (κ3) is 2.20. The summed E-state index contributed by atoms with van der Waals surface area (Å²) in [7, 11) is 1.94. The summed E-state index contributed by atoms with van der Waals surface area (Å²) >= 11 is 0. The summed E-state index contributed by atoms with van der Waals surface area (Å²) in [4.78, 5) is 0. The van der Waals surface area contributed by atoms with E-state index < -0.39 is 5.67 Å². The fraction of sp³-hybridized carbons (Fsp3) is 0.538. The molecule has 0 amide bonds. The summed E-state index contributed by atoms with van der Waals surface area (Å²) in [5.41, 5.74) is 1.09. The van der Waals surface area contributed by atoms with E-state index in [2.05, 4.69) is 11.4 Å². The van der Waals surface area contributed by atoms with Gasteiger partial charge in [0.05, 0.1) is 0 Å². The summed E-state index contributed by atoms with van der Waals surface area (Å²) in [5, 5.41) is 3.11. The summed E-state index contributed by atoms with van der Waals surface area (Å²) in [6, 6.07) is 7.99. The first kappa shape index (κ1) is 10.6. The van der Waals surface area contributed by atoms with Gasteiger partial charge in [-0.15, -0.1) is 0 Å². The molecule has 2 rings (SSSR count). The standard InChI is InChI=1S/C13H18FN/c1-15-9-6-11-4-2-5-12(10-11)13(14)7-3-8-13/h2,4-5,10,15H,3,6-9H2,1H3. The van der Waals surface area contributed by atoms with Crippen LogP contribution in [0.5, 0.6) is 0 Å².